The minimum atomic E-state index is -4.61. The summed E-state index contributed by atoms with van der Waals surface area (Å²) >= 11 is 0. The molecule has 4 aromatic carbocycles. The SMILES string of the molecule is CC1(C)C(/C=C/C2=C(Oc3ccc(S(=O)(=O)O)cc3)C(=C/C=C3/N(CCCCS(=O)(=O)O)c4ccc(S(=O)(=O)O)cc4C3(C)C)/CCC2)=[N+](CCCCCC(=O)NCCCC[C@H](NC(=O)c2ccc(NCc3cnc4nc(N)[nH]c(=O)c4n3)cc2)C(=O)O)c2ccc(S(=O)(=O)O)cc21. The molecule has 0 radical (unpaired) electrons. The molecule has 0 bridgehead atoms. The van der Waals surface area contributed by atoms with Crippen molar-refractivity contribution >= 4 is 98.1 Å². The molecule has 0 unspecified atom stereocenters. The number of rotatable bonds is 30. The van der Waals surface area contributed by atoms with Crippen LogP contribution >= 0.6 is 0 Å². The number of aliphatic carboxylic acids is 1. The van der Waals surface area contributed by atoms with Crippen molar-refractivity contribution in [2.45, 2.75) is 143 Å². The number of allylic oxidation sites excluding steroid dienone is 7. The van der Waals surface area contributed by atoms with Gasteiger partial charge in [0.25, 0.3) is 51.9 Å². The highest BCUT2D eigenvalue weighted by Gasteiger charge is 2.45. The van der Waals surface area contributed by atoms with Crippen LogP contribution in [0.15, 0.2) is 158 Å². The van der Waals surface area contributed by atoms with Crippen LogP contribution in [0.1, 0.15) is 132 Å². The number of aromatic amines is 1. The lowest BCUT2D eigenvalue weighted by atomic mass is 9.81. The third-order valence-corrected chi connectivity index (χ3v) is 20.7. The van der Waals surface area contributed by atoms with Gasteiger partial charge in [-0.05, 0) is 186 Å². The predicted molar refractivity (Wildman–Crippen MR) is 365 cm³/mol. The third-order valence-electron chi connectivity index (χ3n) is 17.3. The molecule has 4 heterocycles. The van der Waals surface area contributed by atoms with Crippen LogP contribution in [0, 0.1) is 0 Å². The van der Waals surface area contributed by atoms with Crippen molar-refractivity contribution < 1.29 is 80.7 Å². The molecule has 1 aliphatic carbocycles. The van der Waals surface area contributed by atoms with E-state index in [2.05, 4.69) is 40.5 Å². The van der Waals surface area contributed by atoms with Crippen molar-refractivity contribution in [3.8, 4) is 5.75 Å². The largest absolute Gasteiger partial charge is 0.480 e. The summed E-state index contributed by atoms with van der Waals surface area (Å²) in [6.45, 7) is 8.74. The highest BCUT2D eigenvalue weighted by molar-refractivity contribution is 7.86. The lowest BCUT2D eigenvalue weighted by Gasteiger charge is -2.27. The second-order valence-electron chi connectivity index (χ2n) is 25.0. The van der Waals surface area contributed by atoms with Crippen molar-refractivity contribution in [3.63, 3.8) is 0 Å². The fourth-order valence-corrected chi connectivity index (χ4v) is 14.2. The second-order valence-corrected chi connectivity index (χ2v) is 30.8. The Balaban J connectivity index is 0.868. The van der Waals surface area contributed by atoms with Gasteiger partial charge in [0.05, 0.1) is 44.3 Å². The molecule has 0 spiro atoms. The molecule has 9 rings (SSSR count). The first-order chi connectivity index (χ1) is 46.1. The average Bonchev–Trinajstić information content (AvgIpc) is 1.59. The monoisotopic (exact) mass is 1430 g/mol. The Morgan fingerprint density at radius 1 is 0.755 bits per heavy atom. The molecule has 28 nitrogen and oxygen atoms in total. The number of ether oxygens (including phenoxy) is 1. The predicted octanol–water partition coefficient (Wildman–Crippen LogP) is 8.10. The van der Waals surface area contributed by atoms with Gasteiger partial charge >= 0.3 is 5.97 Å². The number of carbonyl (C=O) groups excluding carboxylic acids is 2. The van der Waals surface area contributed by atoms with Crippen molar-refractivity contribution in [2.75, 3.05) is 41.3 Å². The first kappa shape index (κ1) is 73.2. The van der Waals surface area contributed by atoms with E-state index >= 15 is 0 Å². The molecule has 522 valence electrons. The first-order valence-electron chi connectivity index (χ1n) is 31.4. The number of fused-ring (bicyclic) bond motifs is 3. The topological polar surface area (TPSA) is 438 Å². The number of hydrogen-bond acceptors (Lipinski definition) is 19. The third kappa shape index (κ3) is 18.0. The quantitative estimate of drug-likeness (QED) is 0.0116. The molecule has 2 aliphatic heterocycles. The van der Waals surface area contributed by atoms with Crippen molar-refractivity contribution in [2.24, 2.45) is 0 Å². The Kier molecular flexibility index (Phi) is 22.4. The maximum Gasteiger partial charge on any atom is 0.326 e. The number of carboxylic acids is 1. The summed E-state index contributed by atoms with van der Waals surface area (Å²) in [4.78, 5) is 66.3. The highest BCUT2D eigenvalue weighted by Crippen LogP contribution is 2.49. The summed E-state index contributed by atoms with van der Waals surface area (Å²) in [5.74, 6) is -1.94. The molecule has 98 heavy (non-hydrogen) atoms. The zero-order valence-corrected chi connectivity index (χ0v) is 57.3. The number of nitrogens with zero attached hydrogens (tertiary/aromatic N) is 5. The summed E-state index contributed by atoms with van der Waals surface area (Å²) in [5.41, 5.74) is 10.0. The van der Waals surface area contributed by atoms with Crippen LogP contribution in [0.5, 0.6) is 5.75 Å². The fourth-order valence-electron chi connectivity index (χ4n) is 12.2. The molecule has 0 fully saturated rings. The zero-order chi connectivity index (χ0) is 71.1. The molecule has 0 saturated heterocycles. The number of anilines is 3. The van der Waals surface area contributed by atoms with Gasteiger partial charge in [-0.3, -0.25) is 37.6 Å². The normalized spacial score (nSPS) is 16.6. The molecule has 3 aliphatic rings. The standard InChI is InChI=1S/C66H76N10O18S4/c1-65(2)50-37-48(97(88,89)90)27-29-53(50)75(34-9-5-6-16-57(77)68-33-8-7-15-52(63(80)81)72-61(78)43-17-21-44(22-18-43)69-39-45-40-70-60-58(71-45)62(79)74-64(67)73-60)55(65)31-19-41-13-12-14-42(59(41)94-46-23-25-47(26-24-46)96(85,86)87)20-32-56-66(3,4)51-38-49(98(91,92)93)28-30-54(51)76(56)35-10-11-36-95(82,83)84/h17-32,37-38,40,52H,5-16,33-36,39H2,1-4H3,(H10-,67,68,69,70,72,73,74,77,78,79,80,81,82,83,84,85,86,87,88,89,90,91,92,93)/p+1/t52-/m0/s1. The minimum absolute atomic E-state index is 0.0279. The average molecular weight is 1430 g/mol. The van der Waals surface area contributed by atoms with Gasteiger partial charge in [-0.1, -0.05) is 19.9 Å². The molecular weight excluding hydrogens is 1350 g/mol. The number of carboxylic acid groups (broad SMARTS) is 1. The van der Waals surface area contributed by atoms with Crippen LogP contribution in [0.3, 0.4) is 0 Å². The molecular formula is C66H77N10O18S4+. The maximum atomic E-state index is 13.1. The molecule has 11 N–H and O–H groups in total. The summed E-state index contributed by atoms with van der Waals surface area (Å²) in [6, 6.07) is 19.0. The van der Waals surface area contributed by atoms with E-state index < -0.39 is 80.5 Å². The number of nitrogens with two attached hydrogens (primary N) is 1. The van der Waals surface area contributed by atoms with Crippen molar-refractivity contribution in [1.29, 1.82) is 0 Å². The number of nitrogen functional groups attached to an aromatic ring is 1. The van der Waals surface area contributed by atoms with Crippen molar-refractivity contribution in [3.05, 3.63) is 171 Å². The molecule has 0 saturated carbocycles. The number of unbranched alkanes of at least 4 members (excludes halogenated alkanes) is 4. The van der Waals surface area contributed by atoms with Gasteiger partial charge in [-0.25, -0.2) is 14.8 Å². The van der Waals surface area contributed by atoms with Gasteiger partial charge in [0.1, 0.15) is 24.1 Å². The van der Waals surface area contributed by atoms with Gasteiger partial charge in [0.2, 0.25) is 17.5 Å². The van der Waals surface area contributed by atoms with E-state index in [9.17, 15) is 76.2 Å². The molecule has 1 atom stereocenters. The summed E-state index contributed by atoms with van der Waals surface area (Å²) in [7, 11) is -18.0. The summed E-state index contributed by atoms with van der Waals surface area (Å²) in [6.07, 6.45) is 13.8. The Hall–Kier alpha value is -9.02. The van der Waals surface area contributed by atoms with E-state index in [1.807, 2.05) is 56.9 Å². The lowest BCUT2D eigenvalue weighted by molar-refractivity contribution is -0.438. The van der Waals surface area contributed by atoms with Gasteiger partial charge < -0.3 is 36.4 Å². The van der Waals surface area contributed by atoms with E-state index in [0.29, 0.717) is 121 Å². The molecule has 2 aromatic heterocycles. The molecule has 6 aromatic rings. The van der Waals surface area contributed by atoms with Crippen LogP contribution in [0.2, 0.25) is 0 Å². The second kappa shape index (κ2) is 30.0. The van der Waals surface area contributed by atoms with Crippen LogP contribution < -0.4 is 36.9 Å². The van der Waals surface area contributed by atoms with E-state index in [-0.39, 0.29) is 87.9 Å². The Morgan fingerprint density at radius 2 is 1.43 bits per heavy atom. The van der Waals surface area contributed by atoms with E-state index in [1.165, 1.54) is 66.9 Å². The first-order valence-corrected chi connectivity index (χ1v) is 37.4. The number of hydrogen-bond donors (Lipinski definition) is 10. The van der Waals surface area contributed by atoms with Crippen LogP contribution in [0.4, 0.5) is 23.0 Å². The summed E-state index contributed by atoms with van der Waals surface area (Å²) < 4.78 is 145. The number of aromatic nitrogens is 4. The van der Waals surface area contributed by atoms with E-state index in [0.717, 1.165) is 5.71 Å². The Bertz CT molecular complexity index is 4800. The fraction of sp³-hybridized carbons (Fsp3) is 0.364. The van der Waals surface area contributed by atoms with Gasteiger partial charge in [-0.15, -0.1) is 0 Å². The van der Waals surface area contributed by atoms with Crippen LogP contribution in [-0.4, -0.2) is 136 Å². The lowest BCUT2D eigenvalue weighted by Crippen LogP contribution is -2.40. The smallest absolute Gasteiger partial charge is 0.326 e. The van der Waals surface area contributed by atoms with Crippen LogP contribution in [-0.2, 0) is 67.4 Å². The number of carbonyl (C=O) groups is 3. The van der Waals surface area contributed by atoms with Crippen LogP contribution in [0.25, 0.3) is 11.2 Å². The number of amides is 2. The number of nitrogens with one attached hydrogen (secondary N) is 4. The number of H-pyrrole nitrogens is 1. The highest BCUT2D eigenvalue weighted by atomic mass is 32.2. The Labute approximate surface area is 567 Å². The molecule has 2 amide bonds. The van der Waals surface area contributed by atoms with Crippen molar-refractivity contribution in [1.82, 2.24) is 30.6 Å². The van der Waals surface area contributed by atoms with Gasteiger partial charge in [0, 0.05) is 71.7 Å². The summed E-state index contributed by atoms with van der Waals surface area (Å²) in [5, 5.41) is 18.5. The van der Waals surface area contributed by atoms with Gasteiger partial charge in [-0.2, -0.15) is 43.2 Å². The number of benzene rings is 4. The minimum Gasteiger partial charge on any atom is -0.480 e. The van der Waals surface area contributed by atoms with E-state index in [1.54, 1.807) is 24.3 Å². The molecule has 32 heteroatoms. The maximum absolute atomic E-state index is 13.1. The van der Waals surface area contributed by atoms with Gasteiger partial charge in [0.15, 0.2) is 16.9 Å². The van der Waals surface area contributed by atoms with E-state index in [4.69, 9.17) is 10.5 Å². The Morgan fingerprint density at radius 3 is 2.10 bits per heavy atom. The zero-order valence-electron chi connectivity index (χ0n) is 54.1.